The van der Waals surface area contributed by atoms with Crippen LogP contribution in [0.25, 0.3) is 0 Å². The summed E-state index contributed by atoms with van der Waals surface area (Å²) in [6.45, 7) is 2.62. The van der Waals surface area contributed by atoms with E-state index >= 15 is 0 Å². The van der Waals surface area contributed by atoms with Gasteiger partial charge in [0.25, 0.3) is 5.97 Å². The fraction of sp³-hybridized carbons (Fsp3) is 0.500. The molecule has 7 heteroatoms. The van der Waals surface area contributed by atoms with E-state index in [1.165, 1.54) is 0 Å². The Bertz CT molecular complexity index is 189. The van der Waals surface area contributed by atoms with Gasteiger partial charge in [0, 0.05) is 33.6 Å². The van der Waals surface area contributed by atoms with Gasteiger partial charge in [0.05, 0.1) is 0 Å². The van der Waals surface area contributed by atoms with Gasteiger partial charge in [-0.3, -0.25) is 4.79 Å². The molecule has 0 unspecified atom stereocenters. The van der Waals surface area contributed by atoms with Gasteiger partial charge in [0.1, 0.15) is 5.34 Å². The Labute approximate surface area is 96.4 Å². The molecule has 0 bridgehead atoms. The van der Waals surface area contributed by atoms with Crippen LogP contribution in [0.3, 0.4) is 0 Å². The zero-order chi connectivity index (χ0) is 9.94. The zero-order valence-electron chi connectivity index (χ0n) is 8.52. The minimum atomic E-state index is -0.454. The van der Waals surface area contributed by atoms with E-state index in [1.807, 2.05) is 24.4 Å². The maximum Gasteiger partial charge on any atom is 0.277 e. The number of rotatable bonds is 7. The number of carbonyl (C=O) groups is 1. The minimum Gasteiger partial charge on any atom is -0.594 e. The van der Waals surface area contributed by atoms with Crippen molar-refractivity contribution in [3.63, 3.8) is 0 Å². The molecule has 0 fully saturated rings. The quantitative estimate of drug-likeness (QED) is 0.107. The van der Waals surface area contributed by atoms with Gasteiger partial charge in [-0.05, 0) is 12.8 Å². The summed E-state index contributed by atoms with van der Waals surface area (Å²) in [6.07, 6.45) is 5.67. The predicted octanol–water partition coefficient (Wildman–Crippen LogP) is 2.09. The van der Waals surface area contributed by atoms with Crippen molar-refractivity contribution < 1.29 is 34.8 Å². The first-order valence-corrected chi connectivity index (χ1v) is 3.96. The summed E-state index contributed by atoms with van der Waals surface area (Å²) in [6, 6.07) is 0. The van der Waals surface area contributed by atoms with E-state index in [-0.39, 0.29) is 26.8 Å². The van der Waals surface area contributed by atoms with Crippen molar-refractivity contribution in [3.05, 3.63) is 23.9 Å². The largest absolute Gasteiger partial charge is 0.594 e. The third-order valence-electron chi connectivity index (χ3n) is 1.18. The second-order valence-electron chi connectivity index (χ2n) is 2.18. The Morgan fingerprint density at radius 2 is 2.13 bits per heavy atom. The van der Waals surface area contributed by atoms with Crippen LogP contribution >= 0.6 is 0 Å². The molecule has 0 aliphatic rings. The predicted molar refractivity (Wildman–Crippen MR) is 45.9 cm³/mol. The number of allylic oxidation sites excluding steroid dienone is 2. The van der Waals surface area contributed by atoms with E-state index in [0.29, 0.717) is 13.2 Å². The molecule has 0 saturated heterocycles. The van der Waals surface area contributed by atoms with Crippen LogP contribution in [-0.4, -0.2) is 5.97 Å². The molecule has 1 radical (unpaired) electrons. The Morgan fingerprint density at radius 1 is 1.47 bits per heavy atom. The molecule has 83 valence electrons. The van der Waals surface area contributed by atoms with Gasteiger partial charge in [0.2, 0.25) is 0 Å². The normalized spacial score (nSPS) is 8.60. The van der Waals surface area contributed by atoms with Gasteiger partial charge in [-0.2, -0.15) is 0 Å². The van der Waals surface area contributed by atoms with E-state index in [9.17, 15) is 9.70 Å². The molecule has 0 aliphatic heterocycles. The number of hydrogen-bond acceptors (Lipinski definition) is 5. The van der Waals surface area contributed by atoms with Crippen molar-refractivity contribution >= 4 is 5.97 Å². The molecule has 0 heterocycles. The van der Waals surface area contributed by atoms with E-state index in [2.05, 4.69) is 9.57 Å². The first-order valence-electron chi connectivity index (χ1n) is 3.96. The number of ether oxygens (including phenoxy) is 1. The SMILES string of the molecule is CC/C=C\CCC(=O)O[CH-]ON=O.[Re].[Rf]. The van der Waals surface area contributed by atoms with E-state index in [4.69, 9.17) is 0 Å². The Hall–Kier alpha value is -1.73. The van der Waals surface area contributed by atoms with Crippen LogP contribution in [0.4, 0.5) is 0 Å². The number of esters is 1. The zero-order valence-corrected chi connectivity index (χ0v) is 17.6. The molecule has 0 aromatic heterocycles. The summed E-state index contributed by atoms with van der Waals surface area (Å²) in [5, 5.41) is 2.02. The molecule has 0 atom stereocenters. The summed E-state index contributed by atoms with van der Waals surface area (Å²) in [4.78, 5) is 24.0. The van der Waals surface area contributed by atoms with E-state index < -0.39 is 5.97 Å². The minimum absolute atomic E-state index is 0. The van der Waals surface area contributed by atoms with Crippen LogP contribution in [0.5, 0.6) is 0 Å². The molecular weight excluding hydrogens is 627 g/mol. The molecule has 0 rings (SSSR count). The molecular formula is C8H12NO4ReRf-. The summed E-state index contributed by atoms with van der Waals surface area (Å²) in [5.74, 6) is -0.454. The molecule has 15 heavy (non-hydrogen) atoms. The molecule has 0 spiro atoms. The molecule has 0 N–H and O–H groups in total. The third kappa shape index (κ3) is 15.1. The fourth-order valence-corrected chi connectivity index (χ4v) is 0.637. The van der Waals surface area contributed by atoms with Crippen LogP contribution in [0.1, 0.15) is 26.2 Å². The van der Waals surface area contributed by atoms with E-state index in [0.717, 1.165) is 6.42 Å². The number of hydrogen-bond donors (Lipinski definition) is 0. The monoisotopic (exact) mass is 640 g/mol. The first kappa shape index (κ1) is 18.9. The Balaban J connectivity index is -0.000000720. The molecule has 0 saturated carbocycles. The van der Waals surface area contributed by atoms with Gasteiger partial charge >= 0.3 is 0 Å². The van der Waals surface area contributed by atoms with Crippen molar-refractivity contribution in [1.82, 2.24) is 0 Å². The third-order valence-corrected chi connectivity index (χ3v) is 1.18. The van der Waals surface area contributed by atoms with Gasteiger partial charge < -0.3 is 9.57 Å². The van der Waals surface area contributed by atoms with Crippen molar-refractivity contribution in [2.45, 2.75) is 26.2 Å². The van der Waals surface area contributed by atoms with E-state index in [1.54, 1.807) is 0 Å². The van der Waals surface area contributed by atoms with Crippen LogP contribution in [0.15, 0.2) is 17.5 Å². The van der Waals surface area contributed by atoms with Crippen LogP contribution in [0.2, 0.25) is 0 Å². The first-order chi connectivity index (χ1) is 6.31. The standard InChI is InChI=1S/C8H12NO4.Re.Rf/c1-2-3-4-5-6-8(10)12-7-13-9-11;;/h3-4,7H,2,5-6H2,1H3;;/q-1;;/b4-3-;;. The molecule has 0 amide bonds. The average molecular weight is 639 g/mol. The van der Waals surface area contributed by atoms with Crippen molar-refractivity contribution in [2.75, 3.05) is 0 Å². The molecule has 5 nitrogen and oxygen atoms in total. The van der Waals surface area contributed by atoms with Crippen LogP contribution in [0, 0.1) is 11.7 Å². The average Bonchev–Trinajstić information content (AvgIpc) is 2.13. The summed E-state index contributed by atoms with van der Waals surface area (Å²) in [5.41, 5.74) is 0. The van der Waals surface area contributed by atoms with Crippen molar-refractivity contribution in [2.24, 2.45) is 5.34 Å². The number of carbonyl (C=O) groups excluding carboxylic acids is 1. The summed E-state index contributed by atoms with van der Waals surface area (Å²) < 4.78 is 4.35. The fourth-order valence-electron chi connectivity index (χ4n) is 0.637. The summed E-state index contributed by atoms with van der Waals surface area (Å²) in [7, 11) is 0. The van der Waals surface area contributed by atoms with Crippen molar-refractivity contribution in [3.8, 4) is 0 Å². The summed E-state index contributed by atoms with van der Waals surface area (Å²) >= 11 is 0. The maximum atomic E-state index is 10.8. The van der Waals surface area contributed by atoms with Gasteiger partial charge in [0.15, 0.2) is 0 Å². The maximum absolute atomic E-state index is 10.8. The molecule has 0 aromatic rings. The van der Waals surface area contributed by atoms with Crippen molar-refractivity contribution in [1.29, 1.82) is 0 Å². The topological polar surface area (TPSA) is 65.0 Å². The van der Waals surface area contributed by atoms with Gasteiger partial charge in [-0.15, -0.1) is 4.91 Å². The number of nitrogens with zero attached hydrogens (tertiary/aromatic N) is 1. The molecule has 0 aliphatic carbocycles. The van der Waals surface area contributed by atoms with Gasteiger partial charge in [-0.1, -0.05) is 19.1 Å². The second kappa shape index (κ2) is 14.8. The Morgan fingerprint density at radius 3 is 2.67 bits per heavy atom. The molecule has 0 aromatic carbocycles. The Kier molecular flexibility index (Phi) is 18.7. The van der Waals surface area contributed by atoms with Crippen LogP contribution < -0.4 is 0 Å². The smallest absolute Gasteiger partial charge is 0.277 e. The van der Waals surface area contributed by atoms with Gasteiger partial charge in [-0.25, -0.2) is 0 Å². The van der Waals surface area contributed by atoms with Crippen LogP contribution in [-0.2, 0) is 34.8 Å². The second-order valence-corrected chi connectivity index (χ2v) is 2.18.